The number of pyridine rings is 2. The van der Waals surface area contributed by atoms with E-state index in [9.17, 15) is 0 Å². The Morgan fingerprint density at radius 1 is 0.970 bits per heavy atom. The summed E-state index contributed by atoms with van der Waals surface area (Å²) >= 11 is 1.79. The highest BCUT2D eigenvalue weighted by Crippen LogP contribution is 2.33. The third-order valence-corrected chi connectivity index (χ3v) is 6.78. The number of fused-ring (bicyclic) bond motifs is 1. The Bertz CT molecular complexity index is 1370. The Morgan fingerprint density at radius 2 is 1.82 bits per heavy atom. The van der Waals surface area contributed by atoms with Gasteiger partial charge in [0.2, 0.25) is 0 Å². The van der Waals surface area contributed by atoms with Crippen molar-refractivity contribution in [3.63, 3.8) is 0 Å². The van der Waals surface area contributed by atoms with Crippen molar-refractivity contribution in [1.29, 1.82) is 0 Å². The number of aryl methyl sites for hydroxylation is 2. The molecule has 0 bridgehead atoms. The van der Waals surface area contributed by atoms with Crippen LogP contribution in [0.4, 0.5) is 11.4 Å². The Balaban J connectivity index is 1.52. The number of hydrogen-bond acceptors (Lipinski definition) is 5. The molecule has 0 saturated carbocycles. The van der Waals surface area contributed by atoms with Gasteiger partial charge in [-0.25, -0.2) is 4.98 Å². The molecule has 0 fully saturated rings. The molecule has 0 aliphatic heterocycles. The van der Waals surface area contributed by atoms with Crippen LogP contribution in [0.1, 0.15) is 34.7 Å². The molecule has 0 radical (unpaired) electrons. The molecule has 5 aromatic rings. The van der Waals surface area contributed by atoms with Crippen molar-refractivity contribution in [2.75, 3.05) is 5.32 Å². The quantitative estimate of drug-likeness (QED) is 0.289. The van der Waals surface area contributed by atoms with E-state index in [0.29, 0.717) is 0 Å². The number of imidazole rings is 1. The van der Waals surface area contributed by atoms with Crippen LogP contribution in [0.2, 0.25) is 0 Å². The first-order valence-electron chi connectivity index (χ1n) is 11.1. The maximum absolute atomic E-state index is 4.78. The molecule has 1 atom stereocenters. The molecule has 0 amide bonds. The summed E-state index contributed by atoms with van der Waals surface area (Å²) in [6, 6.07) is 21.1. The van der Waals surface area contributed by atoms with Crippen LogP contribution in [-0.4, -0.2) is 14.4 Å². The molecule has 4 heterocycles. The van der Waals surface area contributed by atoms with E-state index in [-0.39, 0.29) is 6.04 Å². The summed E-state index contributed by atoms with van der Waals surface area (Å²) in [5.41, 5.74) is 7.45. The molecule has 1 unspecified atom stereocenters. The molecular formula is C27H27N5S. The average Bonchev–Trinajstić information content (AvgIpc) is 3.45. The monoisotopic (exact) mass is 453 g/mol. The van der Waals surface area contributed by atoms with E-state index in [0.717, 1.165) is 35.0 Å². The highest BCUT2D eigenvalue weighted by molar-refractivity contribution is 7.15. The van der Waals surface area contributed by atoms with E-state index >= 15 is 0 Å². The van der Waals surface area contributed by atoms with Gasteiger partial charge in [-0.15, -0.1) is 11.3 Å². The van der Waals surface area contributed by atoms with Gasteiger partial charge in [0.1, 0.15) is 0 Å². The van der Waals surface area contributed by atoms with Crippen LogP contribution < -0.4 is 10.6 Å². The molecule has 2 N–H and O–H groups in total. The van der Waals surface area contributed by atoms with E-state index < -0.39 is 0 Å². The Kier molecular flexibility index (Phi) is 5.94. The van der Waals surface area contributed by atoms with E-state index in [1.165, 1.54) is 20.9 Å². The van der Waals surface area contributed by atoms with E-state index in [2.05, 4.69) is 82.5 Å². The lowest BCUT2D eigenvalue weighted by molar-refractivity contribution is 0.572. The molecule has 0 aliphatic rings. The summed E-state index contributed by atoms with van der Waals surface area (Å²) < 4.78 is 2.21. The molecular weight excluding hydrogens is 426 g/mol. The summed E-state index contributed by atoms with van der Waals surface area (Å²) in [5, 5.41) is 7.22. The van der Waals surface area contributed by atoms with E-state index in [1.54, 1.807) is 11.3 Å². The molecule has 0 aliphatic carbocycles. The zero-order chi connectivity index (χ0) is 22.8. The second kappa shape index (κ2) is 9.17. The average molecular weight is 454 g/mol. The van der Waals surface area contributed by atoms with Gasteiger partial charge in [-0.3, -0.25) is 9.38 Å². The maximum atomic E-state index is 4.78. The number of anilines is 2. The molecule has 5 rings (SSSR count). The number of nitrogens with zero attached hydrogens (tertiary/aromatic N) is 3. The minimum Gasteiger partial charge on any atom is -0.352 e. The van der Waals surface area contributed by atoms with Gasteiger partial charge in [0.05, 0.1) is 22.5 Å². The number of benzene rings is 1. The van der Waals surface area contributed by atoms with Crippen molar-refractivity contribution in [1.82, 2.24) is 19.7 Å². The Hall–Kier alpha value is -3.48. The molecule has 33 heavy (non-hydrogen) atoms. The maximum Gasteiger partial charge on any atom is 0.161 e. The number of nitrogens with one attached hydrogen (secondary N) is 2. The summed E-state index contributed by atoms with van der Waals surface area (Å²) in [4.78, 5) is 11.7. The summed E-state index contributed by atoms with van der Waals surface area (Å²) in [6.07, 6.45) is 6.11. The lowest BCUT2D eigenvalue weighted by Gasteiger charge is -2.18. The van der Waals surface area contributed by atoms with Gasteiger partial charge < -0.3 is 10.6 Å². The highest BCUT2D eigenvalue weighted by atomic mass is 32.1. The lowest BCUT2D eigenvalue weighted by atomic mass is 10.1. The molecule has 166 valence electrons. The third-order valence-electron chi connectivity index (χ3n) is 5.76. The van der Waals surface area contributed by atoms with Crippen LogP contribution in [0.5, 0.6) is 0 Å². The van der Waals surface area contributed by atoms with Gasteiger partial charge in [0, 0.05) is 41.2 Å². The van der Waals surface area contributed by atoms with Crippen LogP contribution in [0.3, 0.4) is 0 Å². The summed E-state index contributed by atoms with van der Waals surface area (Å²) in [6.45, 7) is 7.10. The standard InChI is InChI=1S/C27H27N5S/c1-18-9-11-21(14-28-18)15-29-20(3)22-13-24(31-23-7-5-4-6-8-23)27-30-16-25(32(27)17-22)26-12-10-19(2)33-26/h4-14,16-17,20,29,31H,15H2,1-3H3. The second-order valence-electron chi connectivity index (χ2n) is 8.34. The minimum atomic E-state index is 0.146. The fourth-order valence-corrected chi connectivity index (χ4v) is 4.74. The van der Waals surface area contributed by atoms with Crippen molar-refractivity contribution in [3.05, 3.63) is 101 Å². The smallest absolute Gasteiger partial charge is 0.161 e. The van der Waals surface area contributed by atoms with Crippen molar-refractivity contribution in [2.24, 2.45) is 0 Å². The largest absolute Gasteiger partial charge is 0.352 e. The van der Waals surface area contributed by atoms with Crippen LogP contribution in [0.15, 0.2) is 79.3 Å². The van der Waals surface area contributed by atoms with Crippen molar-refractivity contribution in [2.45, 2.75) is 33.4 Å². The summed E-state index contributed by atoms with van der Waals surface area (Å²) in [7, 11) is 0. The van der Waals surface area contributed by atoms with Crippen LogP contribution in [-0.2, 0) is 6.54 Å². The van der Waals surface area contributed by atoms with Gasteiger partial charge in [-0.05, 0) is 68.3 Å². The lowest BCUT2D eigenvalue weighted by Crippen LogP contribution is -2.19. The number of thiophene rings is 1. The van der Waals surface area contributed by atoms with Crippen LogP contribution >= 0.6 is 11.3 Å². The first-order chi connectivity index (χ1) is 16.1. The minimum absolute atomic E-state index is 0.146. The van der Waals surface area contributed by atoms with Crippen LogP contribution in [0, 0.1) is 13.8 Å². The molecule has 5 nitrogen and oxygen atoms in total. The summed E-state index contributed by atoms with van der Waals surface area (Å²) in [5.74, 6) is 0. The first kappa shape index (κ1) is 21.4. The third kappa shape index (κ3) is 4.67. The topological polar surface area (TPSA) is 54.2 Å². The molecule has 0 saturated heterocycles. The number of hydrogen-bond donors (Lipinski definition) is 2. The van der Waals surface area contributed by atoms with Gasteiger partial charge in [0.15, 0.2) is 5.65 Å². The zero-order valence-electron chi connectivity index (χ0n) is 19.0. The van der Waals surface area contributed by atoms with Gasteiger partial charge in [-0.2, -0.15) is 0 Å². The van der Waals surface area contributed by atoms with E-state index in [4.69, 9.17) is 4.98 Å². The molecule has 4 aromatic heterocycles. The molecule has 0 spiro atoms. The van der Waals surface area contributed by atoms with E-state index in [1.807, 2.05) is 37.5 Å². The van der Waals surface area contributed by atoms with Gasteiger partial charge in [-0.1, -0.05) is 24.3 Å². The Morgan fingerprint density at radius 3 is 2.55 bits per heavy atom. The van der Waals surface area contributed by atoms with Gasteiger partial charge >= 0.3 is 0 Å². The number of para-hydroxylation sites is 1. The fourth-order valence-electron chi connectivity index (χ4n) is 3.86. The molecule has 1 aromatic carbocycles. The normalized spacial score (nSPS) is 12.2. The van der Waals surface area contributed by atoms with Crippen molar-refractivity contribution in [3.8, 4) is 10.6 Å². The van der Waals surface area contributed by atoms with Crippen molar-refractivity contribution < 1.29 is 0 Å². The van der Waals surface area contributed by atoms with Crippen molar-refractivity contribution >= 4 is 28.4 Å². The zero-order valence-corrected chi connectivity index (χ0v) is 19.9. The Labute approximate surface area is 198 Å². The second-order valence-corrected chi connectivity index (χ2v) is 9.62. The van der Waals surface area contributed by atoms with Crippen LogP contribution in [0.25, 0.3) is 16.2 Å². The fraction of sp³-hybridized carbons (Fsp3) is 0.185. The SMILES string of the molecule is Cc1ccc(CNC(C)c2cc(Nc3ccccc3)c3ncc(-c4ccc(C)s4)n3c2)cn1. The molecule has 6 heteroatoms. The number of rotatable bonds is 7. The number of aromatic nitrogens is 3. The predicted octanol–water partition coefficient (Wildman–Crippen LogP) is 6.67. The highest BCUT2D eigenvalue weighted by Gasteiger charge is 2.15. The first-order valence-corrected chi connectivity index (χ1v) is 11.9. The predicted molar refractivity (Wildman–Crippen MR) is 137 cm³/mol. The van der Waals surface area contributed by atoms with Gasteiger partial charge in [0.25, 0.3) is 0 Å².